The van der Waals surface area contributed by atoms with Gasteiger partial charge in [0.25, 0.3) is 5.91 Å². The Hall–Kier alpha value is -1.94. The third-order valence-corrected chi connectivity index (χ3v) is 2.92. The van der Waals surface area contributed by atoms with Gasteiger partial charge in [-0.25, -0.2) is 0 Å². The first kappa shape index (κ1) is 12.5. The molecule has 5 heteroatoms. The molecule has 4 nitrogen and oxygen atoms in total. The molecule has 1 heterocycles. The number of nitrogens with two attached hydrogens (primary N) is 1. The van der Waals surface area contributed by atoms with E-state index in [-0.39, 0.29) is 11.9 Å². The third-order valence-electron chi connectivity index (χ3n) is 2.67. The summed E-state index contributed by atoms with van der Waals surface area (Å²) >= 11 is 5.81. The molecule has 18 heavy (non-hydrogen) atoms. The number of carbonyl (C=O) groups excluding carboxylic acids is 1. The van der Waals surface area contributed by atoms with Crippen LogP contribution < -0.4 is 11.1 Å². The molecule has 0 spiro atoms. The van der Waals surface area contributed by atoms with E-state index in [0.29, 0.717) is 16.4 Å². The highest BCUT2D eigenvalue weighted by Crippen LogP contribution is 2.16. The summed E-state index contributed by atoms with van der Waals surface area (Å²) in [6.07, 6.45) is 1.59. The molecule has 2 aromatic rings. The molecule has 94 valence electrons. The first-order valence-electron chi connectivity index (χ1n) is 5.56. The van der Waals surface area contributed by atoms with Crippen LogP contribution in [-0.2, 0) is 0 Å². The summed E-state index contributed by atoms with van der Waals surface area (Å²) in [6, 6.07) is 8.87. The van der Waals surface area contributed by atoms with Gasteiger partial charge >= 0.3 is 0 Å². The van der Waals surface area contributed by atoms with Crippen LogP contribution in [0.1, 0.15) is 29.0 Å². The molecule has 0 fully saturated rings. The van der Waals surface area contributed by atoms with Gasteiger partial charge in [-0.1, -0.05) is 23.7 Å². The van der Waals surface area contributed by atoms with Gasteiger partial charge in [0, 0.05) is 16.9 Å². The predicted octanol–water partition coefficient (Wildman–Crippen LogP) is 2.74. The van der Waals surface area contributed by atoms with Crippen molar-refractivity contribution >= 4 is 23.2 Å². The van der Waals surface area contributed by atoms with Crippen molar-refractivity contribution < 1.29 is 4.79 Å². The standard InChI is InChI=1S/C13H14ClN3O/c1-8(9-2-4-10(14)5-3-9)17-13(18)12-6-11(15)7-16-12/h2-8,16H,15H2,1H3,(H,17,18). The van der Waals surface area contributed by atoms with Crippen LogP contribution in [0.3, 0.4) is 0 Å². The van der Waals surface area contributed by atoms with Crippen molar-refractivity contribution in [2.45, 2.75) is 13.0 Å². The number of hydrogen-bond donors (Lipinski definition) is 3. The molecule has 0 bridgehead atoms. The van der Waals surface area contributed by atoms with Crippen LogP contribution in [-0.4, -0.2) is 10.9 Å². The maximum Gasteiger partial charge on any atom is 0.268 e. The van der Waals surface area contributed by atoms with Crippen LogP contribution in [0.15, 0.2) is 36.5 Å². The fourth-order valence-corrected chi connectivity index (χ4v) is 1.78. The van der Waals surface area contributed by atoms with Crippen molar-refractivity contribution in [2.75, 3.05) is 5.73 Å². The van der Waals surface area contributed by atoms with Crippen LogP contribution in [0.25, 0.3) is 0 Å². The van der Waals surface area contributed by atoms with Crippen molar-refractivity contribution in [3.8, 4) is 0 Å². The van der Waals surface area contributed by atoms with Crippen molar-refractivity contribution in [3.05, 3.63) is 52.8 Å². The maximum absolute atomic E-state index is 11.9. The summed E-state index contributed by atoms with van der Waals surface area (Å²) in [4.78, 5) is 14.7. The number of amides is 1. The molecular formula is C13H14ClN3O. The van der Waals surface area contributed by atoms with Crippen LogP contribution in [0, 0.1) is 0 Å². The normalized spacial score (nSPS) is 12.1. The van der Waals surface area contributed by atoms with Crippen molar-refractivity contribution in [3.63, 3.8) is 0 Å². The van der Waals surface area contributed by atoms with Gasteiger partial charge in [0.2, 0.25) is 0 Å². The molecule has 4 N–H and O–H groups in total. The van der Waals surface area contributed by atoms with E-state index in [1.54, 1.807) is 24.4 Å². The average molecular weight is 264 g/mol. The molecular weight excluding hydrogens is 250 g/mol. The fraction of sp³-hybridized carbons (Fsp3) is 0.154. The number of carbonyl (C=O) groups is 1. The van der Waals surface area contributed by atoms with Crippen molar-refractivity contribution in [2.24, 2.45) is 0 Å². The number of aromatic nitrogens is 1. The Morgan fingerprint density at radius 2 is 2.06 bits per heavy atom. The lowest BCUT2D eigenvalue weighted by Crippen LogP contribution is -2.26. The summed E-state index contributed by atoms with van der Waals surface area (Å²) in [5.41, 5.74) is 7.54. The van der Waals surface area contributed by atoms with E-state index in [2.05, 4.69) is 10.3 Å². The Balaban J connectivity index is 2.05. The van der Waals surface area contributed by atoms with E-state index in [1.165, 1.54) is 0 Å². The summed E-state index contributed by atoms with van der Waals surface area (Å²) in [5, 5.41) is 3.55. The number of rotatable bonds is 3. The fourth-order valence-electron chi connectivity index (χ4n) is 1.65. The van der Waals surface area contributed by atoms with E-state index in [0.717, 1.165) is 5.56 Å². The van der Waals surface area contributed by atoms with Gasteiger partial charge in [0.15, 0.2) is 0 Å². The van der Waals surface area contributed by atoms with Gasteiger partial charge in [-0.3, -0.25) is 4.79 Å². The Morgan fingerprint density at radius 1 is 1.39 bits per heavy atom. The highest BCUT2D eigenvalue weighted by atomic mass is 35.5. The Morgan fingerprint density at radius 3 is 2.61 bits per heavy atom. The molecule has 1 unspecified atom stereocenters. The molecule has 0 saturated carbocycles. The first-order valence-corrected chi connectivity index (χ1v) is 5.94. The maximum atomic E-state index is 11.9. The molecule has 1 atom stereocenters. The number of aromatic amines is 1. The number of nitrogens with one attached hydrogen (secondary N) is 2. The summed E-state index contributed by atoms with van der Waals surface area (Å²) in [6.45, 7) is 1.91. The number of hydrogen-bond acceptors (Lipinski definition) is 2. The second-order valence-corrected chi connectivity index (χ2v) is 4.53. The topological polar surface area (TPSA) is 70.9 Å². The number of H-pyrrole nitrogens is 1. The SMILES string of the molecule is CC(NC(=O)c1cc(N)c[nH]1)c1ccc(Cl)cc1. The summed E-state index contributed by atoms with van der Waals surface area (Å²) in [7, 11) is 0. The number of nitrogen functional groups attached to an aromatic ring is 1. The van der Waals surface area contributed by atoms with E-state index < -0.39 is 0 Å². The van der Waals surface area contributed by atoms with Crippen LogP contribution >= 0.6 is 11.6 Å². The predicted molar refractivity (Wildman–Crippen MR) is 72.5 cm³/mol. The average Bonchev–Trinajstić information content (AvgIpc) is 2.76. The summed E-state index contributed by atoms with van der Waals surface area (Å²) in [5.74, 6) is -0.186. The van der Waals surface area contributed by atoms with E-state index in [1.807, 2.05) is 19.1 Å². The molecule has 1 amide bonds. The molecule has 0 aliphatic carbocycles. The van der Waals surface area contributed by atoms with Gasteiger partial charge in [0.05, 0.1) is 6.04 Å². The van der Waals surface area contributed by atoms with Crippen molar-refractivity contribution in [1.82, 2.24) is 10.3 Å². The minimum absolute atomic E-state index is 0.0979. The number of anilines is 1. The van der Waals surface area contributed by atoms with Crippen molar-refractivity contribution in [1.29, 1.82) is 0 Å². The molecule has 0 radical (unpaired) electrons. The van der Waals surface area contributed by atoms with E-state index in [4.69, 9.17) is 17.3 Å². The van der Waals surface area contributed by atoms with Crippen LogP contribution in [0.5, 0.6) is 0 Å². The van der Waals surface area contributed by atoms with Gasteiger partial charge in [-0.15, -0.1) is 0 Å². The van der Waals surface area contributed by atoms with Gasteiger partial charge in [-0.05, 0) is 30.7 Å². The second kappa shape index (κ2) is 5.14. The lowest BCUT2D eigenvalue weighted by atomic mass is 10.1. The molecule has 2 rings (SSSR count). The molecule has 0 saturated heterocycles. The molecule has 0 aliphatic heterocycles. The highest BCUT2D eigenvalue weighted by molar-refractivity contribution is 6.30. The second-order valence-electron chi connectivity index (χ2n) is 4.09. The number of halogens is 1. The Kier molecular flexibility index (Phi) is 3.58. The Bertz CT molecular complexity index is 548. The zero-order valence-corrected chi connectivity index (χ0v) is 10.7. The molecule has 1 aromatic heterocycles. The minimum atomic E-state index is -0.186. The smallest absolute Gasteiger partial charge is 0.268 e. The van der Waals surface area contributed by atoms with Crippen LogP contribution in [0.2, 0.25) is 5.02 Å². The molecule has 0 aliphatic rings. The number of benzene rings is 1. The molecule has 1 aromatic carbocycles. The lowest BCUT2D eigenvalue weighted by Gasteiger charge is -2.13. The zero-order chi connectivity index (χ0) is 13.1. The van der Waals surface area contributed by atoms with E-state index >= 15 is 0 Å². The van der Waals surface area contributed by atoms with Crippen LogP contribution in [0.4, 0.5) is 5.69 Å². The Labute approximate surface area is 110 Å². The third kappa shape index (κ3) is 2.84. The first-order chi connectivity index (χ1) is 8.56. The minimum Gasteiger partial charge on any atom is -0.397 e. The highest BCUT2D eigenvalue weighted by Gasteiger charge is 2.12. The largest absolute Gasteiger partial charge is 0.397 e. The van der Waals surface area contributed by atoms with Gasteiger partial charge in [-0.2, -0.15) is 0 Å². The summed E-state index contributed by atoms with van der Waals surface area (Å²) < 4.78 is 0. The quantitative estimate of drug-likeness (QED) is 0.797. The lowest BCUT2D eigenvalue weighted by molar-refractivity contribution is 0.0935. The zero-order valence-electron chi connectivity index (χ0n) is 9.91. The van der Waals surface area contributed by atoms with Gasteiger partial charge < -0.3 is 16.0 Å². The van der Waals surface area contributed by atoms with Gasteiger partial charge in [0.1, 0.15) is 5.69 Å². The monoisotopic (exact) mass is 263 g/mol. The van der Waals surface area contributed by atoms with E-state index in [9.17, 15) is 4.79 Å².